The first kappa shape index (κ1) is 16.1. The Morgan fingerprint density at radius 1 is 1.21 bits per heavy atom. The van der Waals surface area contributed by atoms with Crippen LogP contribution in [0.2, 0.25) is 5.15 Å². The number of hydrogen-bond acceptors (Lipinski definition) is 5. The van der Waals surface area contributed by atoms with E-state index >= 15 is 0 Å². The fourth-order valence-electron chi connectivity index (χ4n) is 1.64. The maximum Gasteiger partial charge on any atom is 0.184 e. The van der Waals surface area contributed by atoms with Gasteiger partial charge in [0.05, 0.1) is 0 Å². The molecule has 0 atom stereocenters. The highest BCUT2D eigenvalue weighted by atomic mass is 35.5. The van der Waals surface area contributed by atoms with Gasteiger partial charge in [0.1, 0.15) is 11.1 Å². The topological polar surface area (TPSA) is 75.6 Å². The Hall–Kier alpha value is -0.990. The Morgan fingerprint density at radius 2 is 1.89 bits per heavy atom. The van der Waals surface area contributed by atoms with E-state index in [4.69, 9.17) is 22.6 Å². The molecule has 1 rings (SSSR count). The predicted octanol–water partition coefficient (Wildman–Crippen LogP) is 4.04. The van der Waals surface area contributed by atoms with Crippen LogP contribution in [0.25, 0.3) is 0 Å². The molecule has 6 heteroatoms. The molecule has 0 amide bonds. The van der Waals surface area contributed by atoms with Crippen LogP contribution in [0.5, 0.6) is 0 Å². The summed E-state index contributed by atoms with van der Waals surface area (Å²) in [5, 5.41) is 9.64. The smallest absolute Gasteiger partial charge is 0.184 e. The second kappa shape index (κ2) is 9.00. The lowest BCUT2D eigenvalue weighted by molar-refractivity contribution is 0.627. The average molecular weight is 299 g/mol. The molecule has 0 aliphatic carbocycles. The highest BCUT2D eigenvalue weighted by Gasteiger charge is 2.10. The van der Waals surface area contributed by atoms with E-state index < -0.39 is 0 Å². The predicted molar refractivity (Wildman–Crippen MR) is 80.3 cm³/mol. The van der Waals surface area contributed by atoms with Crippen molar-refractivity contribution in [3.63, 3.8) is 0 Å². The second-order valence-electron chi connectivity index (χ2n) is 4.28. The first-order chi connectivity index (χ1) is 9.19. The van der Waals surface area contributed by atoms with Crippen LogP contribution in [0.3, 0.4) is 0 Å². The van der Waals surface area contributed by atoms with E-state index in [2.05, 4.69) is 16.9 Å². The van der Waals surface area contributed by atoms with E-state index in [0.29, 0.717) is 5.03 Å². The van der Waals surface area contributed by atoms with Gasteiger partial charge in [-0.15, -0.1) is 11.8 Å². The van der Waals surface area contributed by atoms with Crippen molar-refractivity contribution in [2.24, 2.45) is 0 Å². The standard InChI is InChI=1S/C13H19ClN4S/c1-2-3-4-5-6-7-8-19-13-11(14)17-10(9-15)12(16)18-13/h2-8H2,1H3,(H2,16,18). The molecular weight excluding hydrogens is 280 g/mol. The third-order valence-electron chi connectivity index (χ3n) is 2.69. The molecule has 1 aromatic heterocycles. The zero-order valence-corrected chi connectivity index (χ0v) is 12.7. The molecule has 19 heavy (non-hydrogen) atoms. The Kier molecular flexibility index (Phi) is 7.61. The Balaban J connectivity index is 2.34. The number of unbranched alkanes of at least 4 members (excludes halogenated alkanes) is 5. The number of nitrogen functional groups attached to an aromatic ring is 1. The van der Waals surface area contributed by atoms with E-state index in [1.54, 1.807) is 11.8 Å². The molecule has 104 valence electrons. The maximum atomic E-state index is 8.75. The molecule has 0 spiro atoms. The molecule has 0 bridgehead atoms. The van der Waals surface area contributed by atoms with E-state index in [-0.39, 0.29) is 16.7 Å². The Labute approximate surface area is 123 Å². The van der Waals surface area contributed by atoms with Crippen molar-refractivity contribution in [1.29, 1.82) is 5.26 Å². The van der Waals surface area contributed by atoms with Crippen LogP contribution >= 0.6 is 23.4 Å². The number of nitrogens with two attached hydrogens (primary N) is 1. The summed E-state index contributed by atoms with van der Waals surface area (Å²) in [6.07, 6.45) is 7.53. The number of anilines is 1. The van der Waals surface area contributed by atoms with Gasteiger partial charge in [-0.1, -0.05) is 50.6 Å². The van der Waals surface area contributed by atoms with Crippen molar-refractivity contribution in [3.05, 3.63) is 10.8 Å². The summed E-state index contributed by atoms with van der Waals surface area (Å²) in [4.78, 5) is 8.04. The highest BCUT2D eigenvalue weighted by Crippen LogP contribution is 2.26. The molecule has 0 aliphatic rings. The summed E-state index contributed by atoms with van der Waals surface area (Å²) >= 11 is 7.51. The number of hydrogen-bond donors (Lipinski definition) is 1. The van der Waals surface area contributed by atoms with Gasteiger partial charge in [0.25, 0.3) is 0 Å². The molecule has 0 aromatic carbocycles. The normalized spacial score (nSPS) is 10.4. The molecule has 0 unspecified atom stereocenters. The van der Waals surface area contributed by atoms with Gasteiger partial charge < -0.3 is 5.73 Å². The number of nitriles is 1. The average Bonchev–Trinajstić information content (AvgIpc) is 2.41. The van der Waals surface area contributed by atoms with E-state index in [1.807, 2.05) is 6.07 Å². The minimum absolute atomic E-state index is 0.0916. The van der Waals surface area contributed by atoms with Gasteiger partial charge in [0.2, 0.25) is 0 Å². The van der Waals surface area contributed by atoms with Crippen LogP contribution in [-0.4, -0.2) is 15.7 Å². The van der Waals surface area contributed by atoms with Gasteiger partial charge in [-0.25, -0.2) is 9.97 Å². The zero-order valence-electron chi connectivity index (χ0n) is 11.2. The van der Waals surface area contributed by atoms with Crippen molar-refractivity contribution in [2.45, 2.75) is 50.5 Å². The molecule has 0 aliphatic heterocycles. The number of halogens is 1. The lowest BCUT2D eigenvalue weighted by Crippen LogP contribution is -2.00. The maximum absolute atomic E-state index is 8.75. The van der Waals surface area contributed by atoms with E-state index in [1.165, 1.54) is 32.1 Å². The Bertz CT molecular complexity index is 445. The van der Waals surface area contributed by atoms with Crippen molar-refractivity contribution in [3.8, 4) is 6.07 Å². The highest BCUT2D eigenvalue weighted by molar-refractivity contribution is 7.99. The van der Waals surface area contributed by atoms with Crippen molar-refractivity contribution >= 4 is 29.2 Å². The number of nitrogens with zero attached hydrogens (tertiary/aromatic N) is 3. The lowest BCUT2D eigenvalue weighted by Gasteiger charge is -2.05. The summed E-state index contributed by atoms with van der Waals surface area (Å²) < 4.78 is 0. The van der Waals surface area contributed by atoms with Crippen LogP contribution in [0.1, 0.15) is 51.1 Å². The molecule has 0 fully saturated rings. The molecule has 0 saturated carbocycles. The summed E-state index contributed by atoms with van der Waals surface area (Å²) in [6.45, 7) is 2.21. The van der Waals surface area contributed by atoms with Gasteiger partial charge in [0.15, 0.2) is 16.7 Å². The van der Waals surface area contributed by atoms with Crippen molar-refractivity contribution in [1.82, 2.24) is 9.97 Å². The fraction of sp³-hybridized carbons (Fsp3) is 0.615. The van der Waals surface area contributed by atoms with Gasteiger partial charge in [-0.2, -0.15) is 5.26 Å². The van der Waals surface area contributed by atoms with Crippen LogP contribution in [0, 0.1) is 11.3 Å². The summed E-state index contributed by atoms with van der Waals surface area (Å²) in [7, 11) is 0. The summed E-state index contributed by atoms with van der Waals surface area (Å²) in [5.41, 5.74) is 5.71. The third-order valence-corrected chi connectivity index (χ3v) is 4.12. The zero-order chi connectivity index (χ0) is 14.1. The molecular formula is C13H19ClN4S. The van der Waals surface area contributed by atoms with Crippen molar-refractivity contribution < 1.29 is 0 Å². The van der Waals surface area contributed by atoms with E-state index in [9.17, 15) is 0 Å². The van der Waals surface area contributed by atoms with Crippen LogP contribution in [0.15, 0.2) is 5.03 Å². The number of aromatic nitrogens is 2. The van der Waals surface area contributed by atoms with Crippen LogP contribution in [-0.2, 0) is 0 Å². The first-order valence-electron chi connectivity index (χ1n) is 6.55. The van der Waals surface area contributed by atoms with Crippen LogP contribution in [0.4, 0.5) is 5.82 Å². The molecule has 2 N–H and O–H groups in total. The molecule has 1 aromatic rings. The molecule has 0 radical (unpaired) electrons. The molecule has 4 nitrogen and oxygen atoms in total. The number of thioether (sulfide) groups is 1. The Morgan fingerprint density at radius 3 is 2.58 bits per heavy atom. The third kappa shape index (κ3) is 5.66. The fourth-order valence-corrected chi connectivity index (χ4v) is 2.80. The minimum atomic E-state index is 0.0916. The largest absolute Gasteiger partial charge is 0.381 e. The first-order valence-corrected chi connectivity index (χ1v) is 7.91. The van der Waals surface area contributed by atoms with Gasteiger partial charge in [0, 0.05) is 0 Å². The SMILES string of the molecule is CCCCCCCCSc1nc(N)c(C#N)nc1Cl. The van der Waals surface area contributed by atoms with Crippen molar-refractivity contribution in [2.75, 3.05) is 11.5 Å². The number of rotatable bonds is 8. The minimum Gasteiger partial charge on any atom is -0.381 e. The van der Waals surface area contributed by atoms with Gasteiger partial charge in [-0.3, -0.25) is 0 Å². The molecule has 1 heterocycles. The van der Waals surface area contributed by atoms with E-state index in [0.717, 1.165) is 12.2 Å². The van der Waals surface area contributed by atoms with Crippen LogP contribution < -0.4 is 5.73 Å². The monoisotopic (exact) mass is 298 g/mol. The quantitative estimate of drug-likeness (QED) is 0.579. The second-order valence-corrected chi connectivity index (χ2v) is 5.72. The molecule has 0 saturated heterocycles. The van der Waals surface area contributed by atoms with Gasteiger partial charge >= 0.3 is 0 Å². The summed E-state index contributed by atoms with van der Waals surface area (Å²) in [6, 6.07) is 1.87. The van der Waals surface area contributed by atoms with Gasteiger partial charge in [-0.05, 0) is 12.2 Å². The summed E-state index contributed by atoms with van der Waals surface area (Å²) in [5.74, 6) is 1.10. The lowest BCUT2D eigenvalue weighted by atomic mass is 10.1.